The minimum Gasteiger partial charge on any atom is -0.496 e. The molecule has 4 aromatic rings. The van der Waals surface area contributed by atoms with Gasteiger partial charge in [-0.2, -0.15) is 0 Å². The summed E-state index contributed by atoms with van der Waals surface area (Å²) in [6.07, 6.45) is 7.67. The number of H-pyrrole nitrogens is 1. The number of halogens is 2. The second-order valence-electron chi connectivity index (χ2n) is 19.6. The van der Waals surface area contributed by atoms with Crippen LogP contribution in [0.1, 0.15) is 92.7 Å². The Bertz CT molecular complexity index is 2520. The van der Waals surface area contributed by atoms with E-state index in [4.69, 9.17) is 4.74 Å². The number of amides is 4. The predicted octanol–water partition coefficient (Wildman–Crippen LogP) is 6.86. The number of nitrogens with zero attached hydrogens (tertiary/aromatic N) is 6. The van der Waals surface area contributed by atoms with Crippen LogP contribution in [0, 0.1) is 28.9 Å². The average molecular weight is 905 g/mol. The van der Waals surface area contributed by atoms with Crippen molar-refractivity contribution in [2.24, 2.45) is 17.3 Å². The van der Waals surface area contributed by atoms with Gasteiger partial charge in [0.25, 0.3) is 5.91 Å². The Labute approximate surface area is 385 Å². The quantitative estimate of drug-likeness (QED) is 0.116. The van der Waals surface area contributed by atoms with Gasteiger partial charge in [-0.25, -0.2) is 8.78 Å². The molecule has 0 bridgehead atoms. The lowest BCUT2D eigenvalue weighted by Gasteiger charge is -2.56. The molecule has 1 aromatic heterocycles. The number of hydrogen-bond donors (Lipinski definition) is 2. The van der Waals surface area contributed by atoms with Crippen molar-refractivity contribution < 1.29 is 32.7 Å². The summed E-state index contributed by atoms with van der Waals surface area (Å²) in [6, 6.07) is 13.0. The van der Waals surface area contributed by atoms with Crippen LogP contribution in [0.4, 0.5) is 25.8 Å². The van der Waals surface area contributed by atoms with E-state index in [0.29, 0.717) is 71.4 Å². The first kappa shape index (κ1) is 44.3. The van der Waals surface area contributed by atoms with E-state index in [1.807, 2.05) is 32.0 Å². The number of nitrogens with one attached hydrogen (secondary N) is 2. The third-order valence-electron chi connectivity index (χ3n) is 16.1. The SMILES string of the molecule is CCC1(CC)C(=O)N(c2cc(F)cc3[nH]ccc23)[C@H]1c1cc(F)c(N2CCC(CN3CCN(CC4CCN(c5ccc6c(c5)CN([C@H]5CCC(=O)NC5=O)C6=O)CC4)CC3)CC2)cc1OC. The second-order valence-corrected chi connectivity index (χ2v) is 19.6. The Morgan fingerprint density at radius 3 is 2.06 bits per heavy atom. The fraction of sp³-hybridized carbons (Fsp3) is 0.529. The van der Waals surface area contributed by atoms with Gasteiger partial charge < -0.3 is 39.1 Å². The van der Waals surface area contributed by atoms with E-state index in [-0.39, 0.29) is 35.9 Å². The number of imide groups is 1. The number of carbonyl (C=O) groups excluding carboxylic acids is 4. The van der Waals surface area contributed by atoms with Crippen LogP contribution < -0.4 is 24.8 Å². The highest BCUT2D eigenvalue weighted by Gasteiger charge is 2.60. The predicted molar refractivity (Wildman–Crippen MR) is 250 cm³/mol. The molecule has 6 aliphatic heterocycles. The van der Waals surface area contributed by atoms with E-state index in [0.717, 1.165) is 108 Å². The number of β-lactam (4-membered cyclic amide) rings is 1. The topological polar surface area (TPSA) is 125 Å². The minimum atomic E-state index is -0.763. The summed E-state index contributed by atoms with van der Waals surface area (Å²) in [5.74, 6) is 0.0533. The van der Waals surface area contributed by atoms with E-state index in [1.54, 1.807) is 35.2 Å². The van der Waals surface area contributed by atoms with Crippen molar-refractivity contribution in [1.82, 2.24) is 25.0 Å². The van der Waals surface area contributed by atoms with Crippen LogP contribution in [0.5, 0.6) is 5.75 Å². The van der Waals surface area contributed by atoms with Crippen molar-refractivity contribution in [2.45, 2.75) is 83.8 Å². The molecule has 0 radical (unpaired) electrons. The fourth-order valence-electron chi connectivity index (χ4n) is 12.2. The van der Waals surface area contributed by atoms with Gasteiger partial charge in [0.15, 0.2) is 0 Å². The number of benzene rings is 3. The maximum absolute atomic E-state index is 16.4. The van der Waals surface area contributed by atoms with E-state index >= 15 is 4.39 Å². The number of aromatic amines is 1. The minimum absolute atomic E-state index is 0.0875. The van der Waals surface area contributed by atoms with Crippen LogP contribution in [0.15, 0.2) is 54.7 Å². The zero-order valence-electron chi connectivity index (χ0n) is 38.4. The second kappa shape index (κ2) is 17.9. The number of aromatic nitrogens is 1. The first-order valence-corrected chi connectivity index (χ1v) is 24.2. The number of fused-ring (bicyclic) bond motifs is 2. The molecular weight excluding hydrogens is 843 g/mol. The zero-order chi connectivity index (χ0) is 45.9. The highest BCUT2D eigenvalue weighted by molar-refractivity contribution is 6.11. The summed E-state index contributed by atoms with van der Waals surface area (Å²) in [7, 11) is 1.59. The van der Waals surface area contributed by atoms with Gasteiger partial charge >= 0.3 is 0 Å². The first-order valence-electron chi connectivity index (χ1n) is 24.2. The molecule has 2 atom stereocenters. The lowest BCUT2D eigenvalue weighted by atomic mass is 9.63. The van der Waals surface area contributed by atoms with Gasteiger partial charge in [-0.05, 0) is 105 Å². The van der Waals surface area contributed by atoms with E-state index in [1.165, 1.54) is 12.1 Å². The molecule has 0 aliphatic carbocycles. The Morgan fingerprint density at radius 1 is 0.758 bits per heavy atom. The maximum Gasteiger partial charge on any atom is 0.255 e. The molecule has 0 saturated carbocycles. The molecule has 350 valence electrons. The van der Waals surface area contributed by atoms with Gasteiger partial charge in [0.05, 0.1) is 35.5 Å². The standard InChI is InChI=1S/C51H62F2N8O5/c1-4-51(5-2)47(61(50(51)65)43-26-35(52)25-41-38(43)10-15-54-41)39-27-40(53)44(28-45(39)66-3)59-18-13-33(14-19-59)30-57-22-20-56(21-23-57)29-32-11-16-58(17-12-32)36-6-7-37-34(24-36)31-60(49(37)64)42-8-9-46(62)55-48(42)63/h6-7,10,15,24-28,32-33,42,47,54H,4-5,8-9,11-14,16-23,29-31H2,1-3H3,(H,55,62,63)/t42-,47-/m0/s1. The summed E-state index contributed by atoms with van der Waals surface area (Å²) in [5.41, 5.74) is 4.16. The van der Waals surface area contributed by atoms with Gasteiger partial charge in [0.2, 0.25) is 17.7 Å². The van der Waals surface area contributed by atoms with Crippen LogP contribution in [-0.2, 0) is 20.9 Å². The number of methoxy groups -OCH3 is 1. The van der Waals surface area contributed by atoms with Gasteiger partial charge in [-0.3, -0.25) is 24.5 Å². The fourth-order valence-corrected chi connectivity index (χ4v) is 12.2. The molecule has 10 rings (SSSR count). The molecule has 0 spiro atoms. The molecule has 0 unspecified atom stereocenters. The van der Waals surface area contributed by atoms with Gasteiger partial charge in [0, 0.05) is 113 Å². The van der Waals surface area contributed by atoms with Crippen molar-refractivity contribution in [3.8, 4) is 5.75 Å². The summed E-state index contributed by atoms with van der Waals surface area (Å²) in [5, 5.41) is 3.12. The highest BCUT2D eigenvalue weighted by atomic mass is 19.1. The van der Waals surface area contributed by atoms with E-state index < -0.39 is 23.3 Å². The largest absolute Gasteiger partial charge is 0.496 e. The molecule has 5 fully saturated rings. The molecule has 15 heteroatoms. The first-order chi connectivity index (χ1) is 32.0. The Balaban J connectivity index is 0.699. The number of hydrogen-bond acceptors (Lipinski definition) is 9. The zero-order valence-corrected chi connectivity index (χ0v) is 38.4. The van der Waals surface area contributed by atoms with Gasteiger partial charge in [0.1, 0.15) is 23.4 Å². The molecule has 3 aromatic carbocycles. The van der Waals surface area contributed by atoms with Crippen LogP contribution >= 0.6 is 0 Å². The number of ether oxygens (including phenoxy) is 1. The van der Waals surface area contributed by atoms with Crippen molar-refractivity contribution in [2.75, 3.05) is 87.3 Å². The van der Waals surface area contributed by atoms with Gasteiger partial charge in [-0.1, -0.05) is 13.8 Å². The number of piperazine rings is 1. The Hall–Kier alpha value is -5.54. The van der Waals surface area contributed by atoms with Crippen LogP contribution in [0.2, 0.25) is 0 Å². The molecule has 7 heterocycles. The average Bonchev–Trinajstić information content (AvgIpc) is 3.93. The summed E-state index contributed by atoms with van der Waals surface area (Å²) in [6.45, 7) is 14.2. The smallest absolute Gasteiger partial charge is 0.255 e. The van der Waals surface area contributed by atoms with Gasteiger partial charge in [-0.15, -0.1) is 0 Å². The summed E-state index contributed by atoms with van der Waals surface area (Å²) >= 11 is 0. The highest BCUT2D eigenvalue weighted by Crippen LogP contribution is 2.59. The number of carbonyl (C=O) groups is 4. The lowest BCUT2D eigenvalue weighted by Crippen LogP contribution is -2.63. The normalized spacial score (nSPS) is 23.5. The molecular formula is C51H62F2N8O5. The lowest BCUT2D eigenvalue weighted by molar-refractivity contribution is -0.141. The Morgan fingerprint density at radius 2 is 1.42 bits per heavy atom. The molecule has 13 nitrogen and oxygen atoms in total. The van der Waals surface area contributed by atoms with Crippen molar-refractivity contribution >= 4 is 51.6 Å². The van der Waals surface area contributed by atoms with E-state index in [2.05, 4.69) is 36.0 Å². The van der Waals surface area contributed by atoms with Crippen molar-refractivity contribution in [3.63, 3.8) is 0 Å². The molecule has 2 N–H and O–H groups in total. The third-order valence-corrected chi connectivity index (χ3v) is 16.1. The van der Waals surface area contributed by atoms with Crippen molar-refractivity contribution in [1.29, 1.82) is 0 Å². The van der Waals surface area contributed by atoms with E-state index in [9.17, 15) is 23.6 Å². The summed E-state index contributed by atoms with van der Waals surface area (Å²) < 4.78 is 37.3. The molecule has 4 amide bonds. The van der Waals surface area contributed by atoms with Crippen LogP contribution in [0.3, 0.4) is 0 Å². The maximum atomic E-state index is 16.4. The molecule has 66 heavy (non-hydrogen) atoms. The monoisotopic (exact) mass is 904 g/mol. The number of piperidine rings is 3. The van der Waals surface area contributed by atoms with Crippen LogP contribution in [-0.4, -0.2) is 122 Å². The number of rotatable bonds is 12. The Kier molecular flexibility index (Phi) is 12.0. The molecule has 6 aliphatic rings. The molecule has 5 saturated heterocycles. The van der Waals surface area contributed by atoms with Crippen LogP contribution in [0.25, 0.3) is 10.9 Å². The third kappa shape index (κ3) is 7.88. The number of anilines is 3. The summed E-state index contributed by atoms with van der Waals surface area (Å²) in [4.78, 5) is 67.5. The van der Waals surface area contributed by atoms with Crippen molar-refractivity contribution in [3.05, 3.63) is 83.1 Å².